The smallest absolute Gasteiger partial charge is 0.422 e. The number of halogens is 4. The first kappa shape index (κ1) is 19.5. The summed E-state index contributed by atoms with van der Waals surface area (Å²) in [6, 6.07) is 4.67. The molecule has 0 unspecified atom stereocenters. The monoisotopic (exact) mass is 326 g/mol. The summed E-state index contributed by atoms with van der Waals surface area (Å²) in [7, 11) is 1.71. The Morgan fingerprint density at radius 2 is 2.00 bits per heavy atom. The average Bonchev–Trinajstić information content (AvgIpc) is 2.35. The first-order chi connectivity index (χ1) is 9.31. The predicted octanol–water partition coefficient (Wildman–Crippen LogP) is 2.91. The molecule has 0 aliphatic rings. The van der Waals surface area contributed by atoms with E-state index in [4.69, 9.17) is 4.74 Å². The lowest BCUT2D eigenvalue weighted by atomic mass is 10.2. The number of hydrogen-bond donors (Lipinski definition) is 2. The lowest BCUT2D eigenvalue weighted by Gasteiger charge is -2.14. The van der Waals surface area contributed by atoms with Crippen LogP contribution in [-0.2, 0) is 4.79 Å². The highest BCUT2D eigenvalue weighted by Gasteiger charge is 2.29. The zero-order valence-corrected chi connectivity index (χ0v) is 12.5. The molecule has 0 heterocycles. The van der Waals surface area contributed by atoms with Gasteiger partial charge in [0.2, 0.25) is 5.91 Å². The van der Waals surface area contributed by atoms with Crippen molar-refractivity contribution in [2.24, 2.45) is 0 Å². The summed E-state index contributed by atoms with van der Waals surface area (Å²) in [4.78, 5) is 11.6. The van der Waals surface area contributed by atoms with Crippen molar-refractivity contribution in [2.75, 3.05) is 25.5 Å². The second-order valence-corrected chi connectivity index (χ2v) is 4.31. The minimum Gasteiger partial charge on any atom is -0.482 e. The van der Waals surface area contributed by atoms with E-state index in [0.29, 0.717) is 6.54 Å². The molecular weight excluding hydrogens is 309 g/mol. The molecule has 0 aromatic heterocycles. The molecule has 8 heteroatoms. The molecule has 1 rings (SSSR count). The molecule has 1 aromatic carbocycles. The third kappa shape index (κ3) is 7.77. The van der Waals surface area contributed by atoms with Gasteiger partial charge < -0.3 is 15.4 Å². The van der Waals surface area contributed by atoms with Gasteiger partial charge in [-0.1, -0.05) is 6.07 Å². The Balaban J connectivity index is 0.00000400. The number of rotatable bonds is 6. The number of benzene rings is 1. The molecule has 0 saturated heterocycles. The van der Waals surface area contributed by atoms with Crippen molar-refractivity contribution in [3.63, 3.8) is 0 Å². The number of carbonyl (C=O) groups excluding carboxylic acids is 1. The lowest BCUT2D eigenvalue weighted by molar-refractivity contribution is -0.153. The van der Waals surface area contributed by atoms with Crippen LogP contribution in [0.2, 0.25) is 0 Å². The highest BCUT2D eigenvalue weighted by atomic mass is 35.5. The highest BCUT2D eigenvalue weighted by molar-refractivity contribution is 5.92. The largest absolute Gasteiger partial charge is 0.482 e. The molecule has 0 radical (unpaired) electrons. The molecule has 0 spiro atoms. The van der Waals surface area contributed by atoms with Gasteiger partial charge in [-0.25, -0.2) is 0 Å². The summed E-state index contributed by atoms with van der Waals surface area (Å²) < 4.78 is 41.3. The van der Waals surface area contributed by atoms with Crippen LogP contribution in [0.15, 0.2) is 18.2 Å². The highest BCUT2D eigenvalue weighted by Crippen LogP contribution is 2.28. The van der Waals surface area contributed by atoms with E-state index in [0.717, 1.165) is 5.56 Å². The number of amides is 1. The molecule has 21 heavy (non-hydrogen) atoms. The first-order valence-electron chi connectivity index (χ1n) is 6.06. The SMILES string of the molecule is CNCCC(=O)Nc1ccc(C)cc1OCC(F)(F)F.Cl. The summed E-state index contributed by atoms with van der Waals surface area (Å²) in [6.45, 7) is 0.819. The molecule has 120 valence electrons. The fraction of sp³-hybridized carbons (Fsp3) is 0.462. The number of alkyl halides is 3. The van der Waals surface area contributed by atoms with Crippen molar-refractivity contribution in [3.05, 3.63) is 23.8 Å². The Bertz CT molecular complexity index is 467. The summed E-state index contributed by atoms with van der Waals surface area (Å²) in [6.07, 6.45) is -4.19. The lowest BCUT2D eigenvalue weighted by Crippen LogP contribution is -2.21. The number of nitrogens with one attached hydrogen (secondary N) is 2. The van der Waals surface area contributed by atoms with Gasteiger partial charge in [-0.3, -0.25) is 4.79 Å². The van der Waals surface area contributed by atoms with E-state index in [1.165, 1.54) is 12.1 Å². The van der Waals surface area contributed by atoms with Crippen LogP contribution in [0.25, 0.3) is 0 Å². The number of ether oxygens (including phenoxy) is 1. The van der Waals surface area contributed by atoms with Crippen LogP contribution in [-0.4, -0.2) is 32.3 Å². The van der Waals surface area contributed by atoms with Gasteiger partial charge in [0.15, 0.2) is 6.61 Å². The number of hydrogen-bond acceptors (Lipinski definition) is 3. The van der Waals surface area contributed by atoms with Crippen molar-refractivity contribution < 1.29 is 22.7 Å². The Morgan fingerprint density at radius 1 is 1.33 bits per heavy atom. The molecule has 1 aromatic rings. The van der Waals surface area contributed by atoms with Crippen molar-refractivity contribution in [1.29, 1.82) is 0 Å². The van der Waals surface area contributed by atoms with Crippen molar-refractivity contribution in [1.82, 2.24) is 5.32 Å². The van der Waals surface area contributed by atoms with Gasteiger partial charge in [-0.15, -0.1) is 12.4 Å². The molecule has 1 amide bonds. The fourth-order valence-electron chi connectivity index (χ4n) is 1.46. The van der Waals surface area contributed by atoms with Crippen LogP contribution in [0.3, 0.4) is 0 Å². The fourth-order valence-corrected chi connectivity index (χ4v) is 1.46. The summed E-state index contributed by atoms with van der Waals surface area (Å²) >= 11 is 0. The summed E-state index contributed by atoms with van der Waals surface area (Å²) in [5.74, 6) is -0.278. The van der Waals surface area contributed by atoms with Crippen LogP contribution < -0.4 is 15.4 Å². The van der Waals surface area contributed by atoms with Crippen LogP contribution in [0.5, 0.6) is 5.75 Å². The van der Waals surface area contributed by atoms with Crippen molar-refractivity contribution in [3.8, 4) is 5.75 Å². The quantitative estimate of drug-likeness (QED) is 0.845. The third-order valence-corrected chi connectivity index (χ3v) is 2.40. The predicted molar refractivity (Wildman–Crippen MR) is 77.2 cm³/mol. The Labute approximate surface area is 127 Å². The van der Waals surface area contributed by atoms with Crippen LogP contribution in [0.4, 0.5) is 18.9 Å². The van der Waals surface area contributed by atoms with Gasteiger partial charge in [0.05, 0.1) is 5.69 Å². The van der Waals surface area contributed by atoms with E-state index in [2.05, 4.69) is 10.6 Å². The first-order valence-corrected chi connectivity index (χ1v) is 6.06. The topological polar surface area (TPSA) is 50.4 Å². The van der Waals surface area contributed by atoms with Crippen LogP contribution in [0.1, 0.15) is 12.0 Å². The Kier molecular flexibility index (Phi) is 8.12. The molecule has 0 bridgehead atoms. The maximum absolute atomic E-state index is 12.2. The van der Waals surface area contributed by atoms with E-state index in [-0.39, 0.29) is 36.2 Å². The molecular formula is C13H18ClF3N2O2. The van der Waals surface area contributed by atoms with E-state index in [1.807, 2.05) is 0 Å². The number of aryl methyl sites for hydroxylation is 1. The van der Waals surface area contributed by atoms with Gasteiger partial charge in [0.25, 0.3) is 0 Å². The van der Waals surface area contributed by atoms with Gasteiger partial charge in [0, 0.05) is 13.0 Å². The summed E-state index contributed by atoms with van der Waals surface area (Å²) in [5, 5.41) is 5.35. The molecule has 2 N–H and O–H groups in total. The van der Waals surface area contributed by atoms with Crippen molar-refractivity contribution in [2.45, 2.75) is 19.5 Å². The summed E-state index contributed by atoms with van der Waals surface area (Å²) in [5.41, 5.74) is 0.983. The molecule has 0 aliphatic heterocycles. The van der Waals surface area contributed by atoms with Gasteiger partial charge in [-0.2, -0.15) is 13.2 Å². The maximum Gasteiger partial charge on any atom is 0.422 e. The zero-order valence-electron chi connectivity index (χ0n) is 11.7. The average molecular weight is 327 g/mol. The van der Waals surface area contributed by atoms with E-state index >= 15 is 0 Å². The van der Waals surface area contributed by atoms with Crippen molar-refractivity contribution >= 4 is 24.0 Å². The second-order valence-electron chi connectivity index (χ2n) is 4.31. The maximum atomic E-state index is 12.2. The minimum atomic E-state index is -4.42. The van der Waals surface area contributed by atoms with Gasteiger partial charge >= 0.3 is 6.18 Å². The number of carbonyl (C=O) groups is 1. The van der Waals surface area contributed by atoms with E-state index in [9.17, 15) is 18.0 Å². The Hall–Kier alpha value is -1.47. The number of anilines is 1. The van der Waals surface area contributed by atoms with Crippen LogP contribution in [0, 0.1) is 6.92 Å². The molecule has 0 saturated carbocycles. The molecule has 0 fully saturated rings. The van der Waals surface area contributed by atoms with E-state index in [1.54, 1.807) is 20.0 Å². The Morgan fingerprint density at radius 3 is 2.57 bits per heavy atom. The minimum absolute atomic E-state index is 0. The normalized spacial score (nSPS) is 10.7. The van der Waals surface area contributed by atoms with E-state index < -0.39 is 12.8 Å². The second kappa shape index (κ2) is 8.74. The third-order valence-electron chi connectivity index (χ3n) is 2.40. The van der Waals surface area contributed by atoms with Gasteiger partial charge in [0.1, 0.15) is 5.75 Å². The molecule has 0 atom stereocenters. The molecule has 4 nitrogen and oxygen atoms in total. The van der Waals surface area contributed by atoms with Gasteiger partial charge in [-0.05, 0) is 31.7 Å². The zero-order chi connectivity index (χ0) is 15.2. The van der Waals surface area contributed by atoms with Crippen LogP contribution >= 0.6 is 12.4 Å². The molecule has 0 aliphatic carbocycles. The standard InChI is InChI=1S/C13H17F3N2O2.ClH/c1-9-3-4-10(18-12(19)5-6-17-2)11(7-9)20-8-13(14,15)16;/h3-4,7,17H,5-6,8H2,1-2H3,(H,18,19);1H.